The summed E-state index contributed by atoms with van der Waals surface area (Å²) in [6.07, 6.45) is 18.7. The Morgan fingerprint density at radius 1 is 0.571 bits per heavy atom. The van der Waals surface area contributed by atoms with Crippen LogP contribution < -0.4 is 11.1 Å². The topological polar surface area (TPSA) is 298 Å². The molecule has 0 aliphatic carbocycles. The van der Waals surface area contributed by atoms with Crippen LogP contribution in [0.2, 0.25) is 0 Å². The second-order valence-corrected chi connectivity index (χ2v) is 18.9. The first kappa shape index (κ1) is 49.2. The Bertz CT molecular complexity index is 2070. The number of imidazole rings is 2. The van der Waals surface area contributed by atoms with Crippen LogP contribution in [0.25, 0.3) is 22.3 Å². The van der Waals surface area contributed by atoms with Gasteiger partial charge in [0.1, 0.15) is 36.9 Å². The van der Waals surface area contributed by atoms with E-state index < -0.39 is 76.8 Å². The lowest BCUT2D eigenvalue weighted by Gasteiger charge is -2.19. The standard InChI is InChI=1S/C39H62N8O14P2/c48-22-30-28(20-32(58-30)46-26-44-34-36(46)40-24-42-38(34)50)60-62(52,53)56-18-16-14-12-10-8-6-4-2-1-3-5-7-9-11-13-15-17-19-57-63(54,55)61-29-21-33(59-31(29)23-49)47-27-45-35-37(47)41-25-43-39(35)51/h24-33,48-49H,1-23H2,(H,52,53)(H,54,55)(H,40,42,50)(H,41,43,51)/t28-,29-,30+,31+,32+,33+/m0/s1. The molecule has 2 saturated heterocycles. The number of phosphoric ester groups is 2. The van der Waals surface area contributed by atoms with Gasteiger partial charge in [-0.1, -0.05) is 96.3 Å². The lowest BCUT2D eigenvalue weighted by Crippen LogP contribution is -2.27. The SMILES string of the molecule is O=c1[nH]cnc2c1ncn2[C@H]1C[C@H](OP(=O)(O)OCCCCCCCCCCCCCCCCCCCOP(=O)(O)O[C@H]2C[C@H](n3cnc4c(=O)[nH]cnc43)O[C@@H]2CO)[C@@H](CO)O1. The van der Waals surface area contributed by atoms with Gasteiger partial charge in [0.05, 0.1) is 51.7 Å². The van der Waals surface area contributed by atoms with Crippen molar-refractivity contribution in [3.05, 3.63) is 46.0 Å². The number of fused-ring (bicyclic) bond motifs is 2. The van der Waals surface area contributed by atoms with Crippen LogP contribution in [0.5, 0.6) is 0 Å². The number of nitrogens with zero attached hydrogens (tertiary/aromatic N) is 6. The molecule has 2 unspecified atom stereocenters. The molecule has 63 heavy (non-hydrogen) atoms. The van der Waals surface area contributed by atoms with Crippen molar-refractivity contribution in [2.75, 3.05) is 26.4 Å². The van der Waals surface area contributed by atoms with Crippen molar-refractivity contribution < 1.29 is 56.7 Å². The van der Waals surface area contributed by atoms with Gasteiger partial charge in [0, 0.05) is 12.8 Å². The number of aliphatic hydroxyl groups excluding tert-OH is 2. The Balaban J connectivity index is 0.701. The number of hydrogen-bond acceptors (Lipinski definition) is 16. The molecule has 352 valence electrons. The summed E-state index contributed by atoms with van der Waals surface area (Å²) in [6.45, 7) is -0.704. The second kappa shape index (κ2) is 24.3. The zero-order valence-corrected chi connectivity index (χ0v) is 37.3. The molecule has 24 heteroatoms. The minimum absolute atomic E-state index is 0.0815. The molecular weight excluding hydrogens is 866 g/mol. The van der Waals surface area contributed by atoms with E-state index in [0.717, 1.165) is 51.4 Å². The molecule has 2 aliphatic heterocycles. The number of aliphatic hydroxyl groups is 2. The minimum Gasteiger partial charge on any atom is -0.394 e. The van der Waals surface area contributed by atoms with Crippen molar-refractivity contribution in [2.45, 2.75) is 159 Å². The van der Waals surface area contributed by atoms with E-state index in [9.17, 15) is 38.7 Å². The molecule has 4 aromatic heterocycles. The van der Waals surface area contributed by atoms with Gasteiger partial charge in [-0.05, 0) is 12.8 Å². The van der Waals surface area contributed by atoms with Crippen LogP contribution in [-0.4, -0.2) is 110 Å². The molecule has 0 spiro atoms. The van der Waals surface area contributed by atoms with Gasteiger partial charge >= 0.3 is 15.6 Å². The average molecular weight is 929 g/mol. The first-order valence-corrected chi connectivity index (χ1v) is 25.1. The number of rotatable bonds is 30. The molecule has 0 amide bonds. The van der Waals surface area contributed by atoms with Gasteiger partial charge in [-0.3, -0.25) is 36.8 Å². The van der Waals surface area contributed by atoms with Crippen LogP contribution in [0.15, 0.2) is 34.9 Å². The Morgan fingerprint density at radius 2 is 0.905 bits per heavy atom. The van der Waals surface area contributed by atoms with Gasteiger partial charge in [-0.25, -0.2) is 29.1 Å². The van der Waals surface area contributed by atoms with Crippen molar-refractivity contribution in [2.24, 2.45) is 0 Å². The fraction of sp³-hybridized carbons (Fsp3) is 0.744. The van der Waals surface area contributed by atoms with Gasteiger partial charge in [-0.15, -0.1) is 0 Å². The monoisotopic (exact) mass is 928 g/mol. The largest absolute Gasteiger partial charge is 0.472 e. The van der Waals surface area contributed by atoms with Crippen LogP contribution in [0.3, 0.4) is 0 Å². The maximum Gasteiger partial charge on any atom is 0.472 e. The molecule has 6 heterocycles. The third kappa shape index (κ3) is 14.4. The number of phosphoric acid groups is 2. The Labute approximate surface area is 364 Å². The number of ether oxygens (including phenoxy) is 2. The van der Waals surface area contributed by atoms with E-state index in [1.165, 1.54) is 79.4 Å². The van der Waals surface area contributed by atoms with Gasteiger partial charge in [-0.2, -0.15) is 0 Å². The van der Waals surface area contributed by atoms with Gasteiger partial charge in [0.2, 0.25) is 0 Å². The number of nitrogens with one attached hydrogen (secondary N) is 2. The van der Waals surface area contributed by atoms with E-state index in [-0.39, 0.29) is 37.1 Å². The first-order chi connectivity index (χ1) is 30.5. The summed E-state index contributed by atoms with van der Waals surface area (Å²) < 4.78 is 61.3. The highest BCUT2D eigenvalue weighted by Crippen LogP contribution is 2.50. The van der Waals surface area contributed by atoms with E-state index in [4.69, 9.17) is 27.6 Å². The van der Waals surface area contributed by atoms with Crippen LogP contribution in [0.1, 0.15) is 134 Å². The number of aromatic nitrogens is 8. The normalized spacial score (nSPS) is 23.5. The van der Waals surface area contributed by atoms with Crippen molar-refractivity contribution in [3.63, 3.8) is 0 Å². The number of unbranched alkanes of at least 4 members (excludes halogenated alkanes) is 16. The quantitative estimate of drug-likeness (QED) is 0.0280. The van der Waals surface area contributed by atoms with E-state index in [2.05, 4.69) is 29.9 Å². The fourth-order valence-electron chi connectivity index (χ4n) is 8.06. The van der Waals surface area contributed by atoms with E-state index in [1.54, 1.807) is 0 Å². The highest BCUT2D eigenvalue weighted by molar-refractivity contribution is 7.47. The molecule has 8 atom stereocenters. The van der Waals surface area contributed by atoms with E-state index in [0.29, 0.717) is 24.1 Å². The van der Waals surface area contributed by atoms with Crippen LogP contribution in [-0.2, 0) is 36.7 Å². The van der Waals surface area contributed by atoms with Crippen molar-refractivity contribution in [1.29, 1.82) is 0 Å². The number of H-pyrrole nitrogens is 2. The summed E-state index contributed by atoms with van der Waals surface area (Å²) in [4.78, 5) is 66.0. The summed E-state index contributed by atoms with van der Waals surface area (Å²) in [7, 11) is -8.79. The summed E-state index contributed by atoms with van der Waals surface area (Å²) in [5, 5.41) is 19.6. The van der Waals surface area contributed by atoms with Crippen molar-refractivity contribution in [1.82, 2.24) is 39.0 Å². The van der Waals surface area contributed by atoms with E-state index in [1.807, 2.05) is 0 Å². The maximum atomic E-state index is 12.7. The molecule has 0 saturated carbocycles. The molecular formula is C39H62N8O14P2. The van der Waals surface area contributed by atoms with Crippen LogP contribution in [0.4, 0.5) is 0 Å². The third-order valence-electron chi connectivity index (χ3n) is 11.4. The molecule has 0 aromatic carbocycles. The fourth-order valence-corrected chi connectivity index (χ4v) is 10.0. The van der Waals surface area contributed by atoms with Crippen LogP contribution >= 0.6 is 15.6 Å². The lowest BCUT2D eigenvalue weighted by molar-refractivity contribution is -0.0438. The Morgan fingerprint density at radius 3 is 1.24 bits per heavy atom. The van der Waals surface area contributed by atoms with Crippen LogP contribution in [0, 0.1) is 0 Å². The Hall–Kier alpha value is -3.24. The predicted molar refractivity (Wildman–Crippen MR) is 227 cm³/mol. The summed E-state index contributed by atoms with van der Waals surface area (Å²) >= 11 is 0. The minimum atomic E-state index is -4.39. The lowest BCUT2D eigenvalue weighted by atomic mass is 10.0. The first-order valence-electron chi connectivity index (χ1n) is 22.1. The smallest absolute Gasteiger partial charge is 0.394 e. The molecule has 2 fully saturated rings. The maximum absolute atomic E-state index is 12.7. The number of aromatic amines is 2. The summed E-state index contributed by atoms with van der Waals surface area (Å²) in [5.41, 5.74) is 0.0557. The zero-order valence-electron chi connectivity index (χ0n) is 35.5. The predicted octanol–water partition coefficient (Wildman–Crippen LogP) is 5.45. The zero-order chi connectivity index (χ0) is 44.7. The number of hydrogen-bond donors (Lipinski definition) is 6. The van der Waals surface area contributed by atoms with Gasteiger partial charge < -0.3 is 39.4 Å². The van der Waals surface area contributed by atoms with Gasteiger partial charge in [0.25, 0.3) is 11.1 Å². The summed E-state index contributed by atoms with van der Waals surface area (Å²) in [6, 6.07) is 0. The molecule has 0 bridgehead atoms. The molecule has 6 N–H and O–H groups in total. The third-order valence-corrected chi connectivity index (χ3v) is 13.5. The average Bonchev–Trinajstić information content (AvgIpc) is 4.06. The van der Waals surface area contributed by atoms with Gasteiger partial charge in [0.15, 0.2) is 22.3 Å². The molecule has 6 rings (SSSR count). The highest BCUT2D eigenvalue weighted by Gasteiger charge is 2.43. The molecule has 4 aromatic rings. The molecule has 22 nitrogen and oxygen atoms in total. The highest BCUT2D eigenvalue weighted by atomic mass is 31.2. The van der Waals surface area contributed by atoms with Crippen molar-refractivity contribution in [3.8, 4) is 0 Å². The van der Waals surface area contributed by atoms with E-state index >= 15 is 0 Å². The Kier molecular flexibility index (Phi) is 19.0. The summed E-state index contributed by atoms with van der Waals surface area (Å²) in [5.74, 6) is 0. The molecule has 0 radical (unpaired) electrons. The molecule has 2 aliphatic rings. The van der Waals surface area contributed by atoms with Crippen molar-refractivity contribution >= 4 is 38.0 Å². The second-order valence-electron chi connectivity index (χ2n) is 16.1.